The second-order valence-electron chi connectivity index (χ2n) is 5.34. The minimum absolute atomic E-state index is 0.119. The molecule has 0 fully saturated rings. The summed E-state index contributed by atoms with van der Waals surface area (Å²) in [5.41, 5.74) is 1.11. The molecule has 1 atom stereocenters. The highest BCUT2D eigenvalue weighted by Crippen LogP contribution is 2.28. The lowest BCUT2D eigenvalue weighted by atomic mass is 10.1. The number of halogens is 4. The second kappa shape index (κ2) is 9.19. The Kier molecular flexibility index (Phi) is 7.23. The van der Waals surface area contributed by atoms with E-state index in [1.165, 1.54) is 12.1 Å². The molecule has 140 valence electrons. The number of carbonyl (C=O) groups is 1. The van der Waals surface area contributed by atoms with Crippen molar-refractivity contribution >= 4 is 39.9 Å². The van der Waals surface area contributed by atoms with Crippen LogP contribution in [0.1, 0.15) is 23.7 Å². The van der Waals surface area contributed by atoms with Gasteiger partial charge in [0.2, 0.25) is 0 Å². The molecule has 0 bridgehead atoms. The summed E-state index contributed by atoms with van der Waals surface area (Å²) in [6.07, 6.45) is -0.362. The van der Waals surface area contributed by atoms with Gasteiger partial charge in [0.25, 0.3) is 5.91 Å². The van der Waals surface area contributed by atoms with Crippen LogP contribution in [0.4, 0.5) is 24.5 Å². The molecule has 0 aliphatic heterocycles. The Hall–Kier alpha value is -1.85. The summed E-state index contributed by atoms with van der Waals surface area (Å²) < 4.78 is 42.4. The zero-order chi connectivity index (χ0) is 19.3. The van der Waals surface area contributed by atoms with Crippen LogP contribution in [-0.2, 0) is 4.84 Å². The van der Waals surface area contributed by atoms with E-state index in [0.717, 1.165) is 12.1 Å². The fourth-order valence-electron chi connectivity index (χ4n) is 1.96. The van der Waals surface area contributed by atoms with Crippen LogP contribution in [0.5, 0.6) is 0 Å². The quantitative estimate of drug-likeness (QED) is 0.416. The maximum Gasteiger partial charge on any atom is 0.277 e. The molecule has 9 heteroatoms. The van der Waals surface area contributed by atoms with E-state index < -0.39 is 35.2 Å². The summed E-state index contributed by atoms with van der Waals surface area (Å²) in [5, 5.41) is 11.8. The molecule has 0 aromatic heterocycles. The van der Waals surface area contributed by atoms with Crippen molar-refractivity contribution < 1.29 is 27.9 Å². The van der Waals surface area contributed by atoms with Crippen LogP contribution >= 0.6 is 22.6 Å². The number of hydrogen-bond donors (Lipinski definition) is 3. The highest BCUT2D eigenvalue weighted by atomic mass is 127. The summed E-state index contributed by atoms with van der Waals surface area (Å²) >= 11 is 1.90. The number of benzene rings is 2. The van der Waals surface area contributed by atoms with Crippen LogP contribution in [0.15, 0.2) is 30.3 Å². The van der Waals surface area contributed by atoms with E-state index in [0.29, 0.717) is 9.99 Å². The molecule has 0 spiro atoms. The monoisotopic (exact) mass is 480 g/mol. The highest BCUT2D eigenvalue weighted by Gasteiger charge is 2.20. The Morgan fingerprint density at radius 2 is 1.96 bits per heavy atom. The Morgan fingerprint density at radius 1 is 1.23 bits per heavy atom. The third kappa shape index (κ3) is 5.08. The van der Waals surface area contributed by atoms with Crippen molar-refractivity contribution in [2.75, 3.05) is 11.9 Å². The number of hydrogen-bond acceptors (Lipinski definition) is 4. The normalized spacial score (nSPS) is 11.9. The first-order chi connectivity index (χ1) is 12.3. The molecule has 0 saturated carbocycles. The Labute approximate surface area is 161 Å². The van der Waals surface area contributed by atoms with Gasteiger partial charge in [-0.25, -0.2) is 18.7 Å². The number of hydroxylamine groups is 1. The summed E-state index contributed by atoms with van der Waals surface area (Å²) in [4.78, 5) is 17.0. The number of aliphatic hydroxyl groups excluding tert-OH is 1. The second-order valence-corrected chi connectivity index (χ2v) is 6.58. The van der Waals surface area contributed by atoms with Crippen molar-refractivity contribution in [1.29, 1.82) is 0 Å². The lowest BCUT2D eigenvalue weighted by Crippen LogP contribution is -2.29. The predicted octanol–water partition coefficient (Wildman–Crippen LogP) is 3.88. The van der Waals surface area contributed by atoms with Gasteiger partial charge >= 0.3 is 0 Å². The molecule has 26 heavy (non-hydrogen) atoms. The molecule has 1 unspecified atom stereocenters. The molecule has 0 aliphatic carbocycles. The SMILES string of the molecule is CCC(O)CONC(=O)c1ccc(F)c(F)c1Nc1ccc(I)cc1F. The molecule has 0 radical (unpaired) electrons. The van der Waals surface area contributed by atoms with Crippen LogP contribution in [0.25, 0.3) is 0 Å². The molecule has 2 aromatic rings. The molecule has 0 aliphatic rings. The minimum atomic E-state index is -1.33. The third-order valence-corrected chi connectivity index (χ3v) is 4.11. The number of nitrogens with one attached hydrogen (secondary N) is 2. The Balaban J connectivity index is 2.27. The van der Waals surface area contributed by atoms with Crippen molar-refractivity contribution in [1.82, 2.24) is 5.48 Å². The van der Waals surface area contributed by atoms with Gasteiger partial charge < -0.3 is 10.4 Å². The zero-order valence-electron chi connectivity index (χ0n) is 13.7. The fourth-order valence-corrected chi connectivity index (χ4v) is 2.42. The van der Waals surface area contributed by atoms with Crippen molar-refractivity contribution in [2.24, 2.45) is 0 Å². The molecule has 3 N–H and O–H groups in total. The molecule has 5 nitrogen and oxygen atoms in total. The fraction of sp³-hybridized carbons (Fsp3) is 0.235. The molecule has 0 heterocycles. The van der Waals surface area contributed by atoms with Gasteiger partial charge in [0.15, 0.2) is 11.6 Å². The number of aliphatic hydroxyl groups is 1. The van der Waals surface area contributed by atoms with Crippen LogP contribution in [0.3, 0.4) is 0 Å². The van der Waals surface area contributed by atoms with Crippen LogP contribution in [-0.4, -0.2) is 23.7 Å². The van der Waals surface area contributed by atoms with E-state index in [1.807, 2.05) is 28.1 Å². The average Bonchev–Trinajstić information content (AvgIpc) is 2.60. The van der Waals surface area contributed by atoms with E-state index in [2.05, 4.69) is 5.32 Å². The van der Waals surface area contributed by atoms with Gasteiger partial charge in [0.05, 0.1) is 23.0 Å². The van der Waals surface area contributed by atoms with Crippen LogP contribution in [0.2, 0.25) is 0 Å². The maximum atomic E-state index is 14.2. The smallest absolute Gasteiger partial charge is 0.277 e. The Morgan fingerprint density at radius 3 is 2.62 bits per heavy atom. The molecule has 2 aromatic carbocycles. The summed E-state index contributed by atoms with van der Waals surface area (Å²) in [5.74, 6) is -4.09. The molecular formula is C17H16F3IN2O3. The van der Waals surface area contributed by atoms with Gasteiger partial charge in [-0.15, -0.1) is 0 Å². The first kappa shape index (κ1) is 20.5. The van der Waals surface area contributed by atoms with E-state index in [9.17, 15) is 23.1 Å². The topological polar surface area (TPSA) is 70.6 Å². The number of carbonyl (C=O) groups excluding carboxylic acids is 1. The number of anilines is 2. The predicted molar refractivity (Wildman–Crippen MR) is 98.5 cm³/mol. The summed E-state index contributed by atoms with van der Waals surface area (Å²) in [7, 11) is 0. The summed E-state index contributed by atoms with van der Waals surface area (Å²) in [6.45, 7) is 1.56. The number of amides is 1. The van der Waals surface area contributed by atoms with Gasteiger partial charge in [-0.05, 0) is 59.3 Å². The van der Waals surface area contributed by atoms with Crippen LogP contribution < -0.4 is 10.8 Å². The maximum absolute atomic E-state index is 14.2. The first-order valence-electron chi connectivity index (χ1n) is 7.63. The molecular weight excluding hydrogens is 464 g/mol. The van der Waals surface area contributed by atoms with Crippen molar-refractivity contribution in [2.45, 2.75) is 19.4 Å². The first-order valence-corrected chi connectivity index (χ1v) is 8.71. The van der Waals surface area contributed by atoms with Gasteiger partial charge in [-0.1, -0.05) is 6.92 Å². The van der Waals surface area contributed by atoms with Gasteiger partial charge in [-0.3, -0.25) is 9.63 Å². The van der Waals surface area contributed by atoms with E-state index in [1.54, 1.807) is 13.0 Å². The molecule has 2 rings (SSSR count). The highest BCUT2D eigenvalue weighted by molar-refractivity contribution is 14.1. The minimum Gasteiger partial charge on any atom is -0.391 e. The van der Waals surface area contributed by atoms with Gasteiger partial charge in [-0.2, -0.15) is 0 Å². The Bertz CT molecular complexity index is 805. The zero-order valence-corrected chi connectivity index (χ0v) is 15.8. The summed E-state index contributed by atoms with van der Waals surface area (Å²) in [6, 6.07) is 5.94. The van der Waals surface area contributed by atoms with E-state index in [4.69, 9.17) is 4.84 Å². The third-order valence-electron chi connectivity index (χ3n) is 3.44. The number of rotatable bonds is 7. The lowest BCUT2D eigenvalue weighted by Gasteiger charge is -2.15. The lowest BCUT2D eigenvalue weighted by molar-refractivity contribution is -0.0133. The van der Waals surface area contributed by atoms with Crippen LogP contribution in [0, 0.1) is 21.0 Å². The molecule has 1 amide bonds. The van der Waals surface area contributed by atoms with Crippen molar-refractivity contribution in [3.05, 3.63) is 56.9 Å². The van der Waals surface area contributed by atoms with Gasteiger partial charge in [0.1, 0.15) is 12.4 Å². The van der Waals surface area contributed by atoms with Gasteiger partial charge in [0, 0.05) is 3.57 Å². The standard InChI is InChI=1S/C17H16F3IN2O3/c1-2-10(24)8-26-23-17(25)11-4-5-12(18)15(20)16(11)22-14-6-3-9(21)7-13(14)19/h3-7,10,22,24H,2,8H2,1H3,(H,23,25). The van der Waals surface area contributed by atoms with E-state index >= 15 is 0 Å². The van der Waals surface area contributed by atoms with Crippen molar-refractivity contribution in [3.8, 4) is 0 Å². The molecule has 0 saturated heterocycles. The largest absolute Gasteiger partial charge is 0.391 e. The average molecular weight is 480 g/mol. The van der Waals surface area contributed by atoms with E-state index in [-0.39, 0.29) is 17.9 Å². The van der Waals surface area contributed by atoms with Crippen molar-refractivity contribution in [3.63, 3.8) is 0 Å².